The second-order valence-corrected chi connectivity index (χ2v) is 4.53. The third-order valence-electron chi connectivity index (χ3n) is 2.88. The molecule has 0 aliphatic heterocycles. The first kappa shape index (κ1) is 15.4. The van der Waals surface area contributed by atoms with Crippen LogP contribution in [0.4, 0.5) is 15.8 Å². The molecule has 114 valence electrons. The molecule has 6 nitrogen and oxygen atoms in total. The van der Waals surface area contributed by atoms with Gasteiger partial charge in [0.1, 0.15) is 5.75 Å². The van der Waals surface area contributed by atoms with Crippen LogP contribution in [0, 0.1) is 22.9 Å². The molecule has 0 unspecified atom stereocenters. The lowest BCUT2D eigenvalue weighted by Crippen LogP contribution is -2.20. The highest BCUT2D eigenvalue weighted by atomic mass is 19.1. The average molecular weight is 304 g/mol. The molecule has 1 amide bonds. The van der Waals surface area contributed by atoms with E-state index in [4.69, 9.17) is 4.74 Å². The molecule has 0 saturated heterocycles. The number of ether oxygens (including phenoxy) is 1. The Morgan fingerprint density at radius 1 is 1.32 bits per heavy atom. The number of anilines is 1. The number of aryl methyl sites for hydroxylation is 1. The SMILES string of the molecule is Cc1ccccc1OCC(=O)Nc1ccc(F)c([N+](=O)[O-])c1. The first-order chi connectivity index (χ1) is 10.5. The Labute approximate surface area is 125 Å². The lowest BCUT2D eigenvalue weighted by molar-refractivity contribution is -0.387. The van der Waals surface area contributed by atoms with E-state index in [0.29, 0.717) is 5.75 Å². The van der Waals surface area contributed by atoms with Gasteiger partial charge in [0, 0.05) is 11.8 Å². The summed E-state index contributed by atoms with van der Waals surface area (Å²) in [5.41, 5.74) is 0.317. The van der Waals surface area contributed by atoms with Gasteiger partial charge >= 0.3 is 5.69 Å². The standard InChI is InChI=1S/C15H13FN2O4/c1-10-4-2-3-5-14(10)22-9-15(19)17-11-6-7-12(16)13(8-11)18(20)21/h2-8H,9H2,1H3,(H,17,19). The number of rotatable bonds is 5. The van der Waals surface area contributed by atoms with Crippen LogP contribution in [0.2, 0.25) is 0 Å². The van der Waals surface area contributed by atoms with Gasteiger partial charge in [0.2, 0.25) is 5.82 Å². The van der Waals surface area contributed by atoms with Gasteiger partial charge in [-0.15, -0.1) is 0 Å². The summed E-state index contributed by atoms with van der Waals surface area (Å²) in [6.07, 6.45) is 0. The molecule has 0 aliphatic rings. The molecule has 2 aromatic rings. The van der Waals surface area contributed by atoms with Gasteiger partial charge in [-0.2, -0.15) is 4.39 Å². The van der Waals surface area contributed by atoms with E-state index in [9.17, 15) is 19.3 Å². The van der Waals surface area contributed by atoms with Crippen LogP contribution in [0.3, 0.4) is 0 Å². The van der Waals surface area contributed by atoms with Gasteiger partial charge < -0.3 is 10.1 Å². The van der Waals surface area contributed by atoms with Gasteiger partial charge in [-0.25, -0.2) is 0 Å². The van der Waals surface area contributed by atoms with Crippen molar-refractivity contribution in [3.05, 3.63) is 64.0 Å². The van der Waals surface area contributed by atoms with Crippen LogP contribution < -0.4 is 10.1 Å². The van der Waals surface area contributed by atoms with Crippen molar-refractivity contribution in [1.29, 1.82) is 0 Å². The molecule has 0 aromatic heterocycles. The van der Waals surface area contributed by atoms with Crippen molar-refractivity contribution in [3.63, 3.8) is 0 Å². The number of amides is 1. The Morgan fingerprint density at radius 3 is 2.73 bits per heavy atom. The highest BCUT2D eigenvalue weighted by molar-refractivity contribution is 5.92. The third-order valence-corrected chi connectivity index (χ3v) is 2.88. The molecule has 2 aromatic carbocycles. The van der Waals surface area contributed by atoms with Crippen LogP contribution in [0.15, 0.2) is 42.5 Å². The molecule has 22 heavy (non-hydrogen) atoms. The van der Waals surface area contributed by atoms with Crippen molar-refractivity contribution >= 4 is 17.3 Å². The molecule has 0 fully saturated rings. The van der Waals surface area contributed by atoms with Gasteiger partial charge in [-0.05, 0) is 30.7 Å². The maximum atomic E-state index is 13.2. The number of benzene rings is 2. The summed E-state index contributed by atoms with van der Waals surface area (Å²) in [6.45, 7) is 1.59. The topological polar surface area (TPSA) is 81.5 Å². The number of nitrogens with zero attached hydrogens (tertiary/aromatic N) is 1. The number of nitro benzene ring substituents is 1. The number of para-hydroxylation sites is 1. The first-order valence-electron chi connectivity index (χ1n) is 6.39. The Hall–Kier alpha value is -2.96. The summed E-state index contributed by atoms with van der Waals surface area (Å²) in [6, 6.07) is 10.3. The molecule has 0 heterocycles. The summed E-state index contributed by atoms with van der Waals surface area (Å²) in [4.78, 5) is 21.5. The molecule has 0 atom stereocenters. The lowest BCUT2D eigenvalue weighted by atomic mass is 10.2. The first-order valence-corrected chi connectivity index (χ1v) is 6.39. The lowest BCUT2D eigenvalue weighted by Gasteiger charge is -2.09. The number of hydrogen-bond donors (Lipinski definition) is 1. The molecule has 7 heteroatoms. The zero-order valence-corrected chi connectivity index (χ0v) is 11.7. The highest BCUT2D eigenvalue weighted by Crippen LogP contribution is 2.21. The third kappa shape index (κ3) is 3.78. The second-order valence-electron chi connectivity index (χ2n) is 4.53. The monoisotopic (exact) mass is 304 g/mol. The van der Waals surface area contributed by atoms with Crippen LogP contribution in [0.1, 0.15) is 5.56 Å². The van der Waals surface area contributed by atoms with Crippen LogP contribution in [0.25, 0.3) is 0 Å². The summed E-state index contributed by atoms with van der Waals surface area (Å²) < 4.78 is 18.5. The number of carbonyl (C=O) groups is 1. The van der Waals surface area contributed by atoms with Gasteiger partial charge in [0.05, 0.1) is 4.92 Å². The Morgan fingerprint density at radius 2 is 2.05 bits per heavy atom. The van der Waals surface area contributed by atoms with Crippen molar-refractivity contribution in [3.8, 4) is 5.75 Å². The molecule has 2 rings (SSSR count). The van der Waals surface area contributed by atoms with E-state index in [1.165, 1.54) is 6.07 Å². The quantitative estimate of drug-likeness (QED) is 0.680. The number of hydrogen-bond acceptors (Lipinski definition) is 4. The van der Waals surface area contributed by atoms with Crippen LogP contribution >= 0.6 is 0 Å². The fourth-order valence-corrected chi connectivity index (χ4v) is 1.79. The van der Waals surface area contributed by atoms with Crippen molar-refractivity contribution < 1.29 is 18.8 Å². The largest absolute Gasteiger partial charge is 0.483 e. The second kappa shape index (κ2) is 6.66. The minimum absolute atomic E-state index is 0.131. The van der Waals surface area contributed by atoms with E-state index in [2.05, 4.69) is 5.32 Å². The fourth-order valence-electron chi connectivity index (χ4n) is 1.79. The van der Waals surface area contributed by atoms with Gasteiger partial charge in [0.25, 0.3) is 5.91 Å². The minimum Gasteiger partial charge on any atom is -0.483 e. The number of nitrogens with one attached hydrogen (secondary N) is 1. The van der Waals surface area contributed by atoms with E-state index in [1.54, 1.807) is 12.1 Å². The summed E-state index contributed by atoms with van der Waals surface area (Å²) in [7, 11) is 0. The molecule has 0 bridgehead atoms. The van der Waals surface area contributed by atoms with Crippen LogP contribution in [-0.4, -0.2) is 17.4 Å². The van der Waals surface area contributed by atoms with E-state index in [0.717, 1.165) is 17.7 Å². The molecule has 1 N–H and O–H groups in total. The molecule has 0 aliphatic carbocycles. The predicted octanol–water partition coefficient (Wildman–Crippen LogP) is 3.06. The minimum atomic E-state index is -0.959. The zero-order valence-electron chi connectivity index (χ0n) is 11.7. The van der Waals surface area contributed by atoms with Gasteiger partial charge in [-0.3, -0.25) is 14.9 Å². The van der Waals surface area contributed by atoms with Crippen molar-refractivity contribution in [2.45, 2.75) is 6.92 Å². The number of nitro groups is 1. The number of halogens is 1. The summed E-state index contributed by atoms with van der Waals surface area (Å²) in [5.74, 6) is -0.883. The normalized spacial score (nSPS) is 10.1. The highest BCUT2D eigenvalue weighted by Gasteiger charge is 2.15. The Balaban J connectivity index is 1.99. The number of carbonyl (C=O) groups excluding carboxylic acids is 1. The molecule has 0 saturated carbocycles. The Bertz CT molecular complexity index is 718. The van der Waals surface area contributed by atoms with Crippen molar-refractivity contribution in [2.24, 2.45) is 0 Å². The zero-order chi connectivity index (χ0) is 16.1. The Kier molecular flexibility index (Phi) is 4.67. The summed E-state index contributed by atoms with van der Waals surface area (Å²) in [5, 5.41) is 13.1. The van der Waals surface area contributed by atoms with Crippen molar-refractivity contribution in [2.75, 3.05) is 11.9 Å². The predicted molar refractivity (Wildman–Crippen MR) is 78.4 cm³/mol. The smallest absolute Gasteiger partial charge is 0.306 e. The van der Waals surface area contributed by atoms with Crippen LogP contribution in [-0.2, 0) is 4.79 Å². The van der Waals surface area contributed by atoms with E-state index in [-0.39, 0.29) is 12.3 Å². The molecular weight excluding hydrogens is 291 g/mol. The molecule has 0 radical (unpaired) electrons. The maximum Gasteiger partial charge on any atom is 0.306 e. The fraction of sp³-hybridized carbons (Fsp3) is 0.133. The average Bonchev–Trinajstić information content (AvgIpc) is 2.48. The van der Waals surface area contributed by atoms with Gasteiger partial charge in [0.15, 0.2) is 6.61 Å². The summed E-state index contributed by atoms with van der Waals surface area (Å²) >= 11 is 0. The van der Waals surface area contributed by atoms with Crippen molar-refractivity contribution in [1.82, 2.24) is 0 Å². The maximum absolute atomic E-state index is 13.2. The van der Waals surface area contributed by atoms with Gasteiger partial charge in [-0.1, -0.05) is 18.2 Å². The molecular formula is C15H13FN2O4. The van der Waals surface area contributed by atoms with Crippen LogP contribution in [0.5, 0.6) is 5.75 Å². The molecule has 0 spiro atoms. The van der Waals surface area contributed by atoms with E-state index >= 15 is 0 Å². The van der Waals surface area contributed by atoms with E-state index < -0.39 is 22.3 Å². The van der Waals surface area contributed by atoms with E-state index in [1.807, 2.05) is 19.1 Å².